The average molecular weight is 254 g/mol. The third kappa shape index (κ3) is 3.07. The van der Waals surface area contributed by atoms with Crippen LogP contribution in [0.3, 0.4) is 0 Å². The molecule has 0 radical (unpaired) electrons. The molecule has 0 amide bonds. The lowest BCUT2D eigenvalue weighted by Gasteiger charge is -2.11. The molecule has 1 aliphatic carbocycles. The first-order chi connectivity index (χ1) is 9.22. The zero-order valence-electron chi connectivity index (χ0n) is 11.8. The van der Waals surface area contributed by atoms with Crippen molar-refractivity contribution in [3.05, 3.63) is 58.9 Å². The molecule has 1 aliphatic rings. The van der Waals surface area contributed by atoms with Gasteiger partial charge in [-0.2, -0.15) is 0 Å². The third-order valence-electron chi connectivity index (χ3n) is 4.00. The molecule has 0 bridgehead atoms. The number of rotatable bonds is 5. The van der Waals surface area contributed by atoms with Crippen molar-refractivity contribution < 1.29 is 0 Å². The molecule has 2 aromatic rings. The Bertz CT molecular complexity index is 564. The zero-order chi connectivity index (χ0) is 13.2. The summed E-state index contributed by atoms with van der Waals surface area (Å²) >= 11 is 0. The number of hydrogen-bond donors (Lipinski definition) is 1. The minimum absolute atomic E-state index is 0.768. The second-order valence-corrected chi connectivity index (χ2v) is 5.70. The van der Waals surface area contributed by atoms with Gasteiger partial charge in [0.2, 0.25) is 0 Å². The van der Waals surface area contributed by atoms with E-state index in [1.54, 1.807) is 0 Å². The molecule has 2 heteroatoms. The molecule has 1 aromatic carbocycles. The van der Waals surface area contributed by atoms with E-state index in [1.165, 1.54) is 35.2 Å². The van der Waals surface area contributed by atoms with Gasteiger partial charge in [-0.05, 0) is 55.5 Å². The first-order valence-corrected chi connectivity index (χ1v) is 7.16. The van der Waals surface area contributed by atoms with E-state index in [0.29, 0.717) is 0 Å². The molecule has 19 heavy (non-hydrogen) atoms. The highest BCUT2D eigenvalue weighted by molar-refractivity contribution is 5.30. The van der Waals surface area contributed by atoms with Gasteiger partial charge in [-0.1, -0.05) is 18.2 Å². The molecule has 0 unspecified atom stereocenters. The molecule has 0 spiro atoms. The molecule has 1 saturated carbocycles. The van der Waals surface area contributed by atoms with Gasteiger partial charge in [0.05, 0.1) is 0 Å². The van der Waals surface area contributed by atoms with Crippen LogP contribution in [0.15, 0.2) is 36.5 Å². The normalized spacial score (nSPS) is 14.8. The number of nitrogens with one attached hydrogen (secondary N) is 1. The van der Waals surface area contributed by atoms with E-state index < -0.39 is 0 Å². The largest absolute Gasteiger partial charge is 0.346 e. The van der Waals surface area contributed by atoms with E-state index in [-0.39, 0.29) is 0 Å². The lowest BCUT2D eigenvalue weighted by molar-refractivity contribution is 0.634. The molecular weight excluding hydrogens is 232 g/mol. The van der Waals surface area contributed by atoms with E-state index in [0.717, 1.165) is 19.1 Å². The van der Waals surface area contributed by atoms with Gasteiger partial charge in [-0.15, -0.1) is 0 Å². The highest BCUT2D eigenvalue weighted by atomic mass is 15.0. The van der Waals surface area contributed by atoms with Crippen LogP contribution in [-0.2, 0) is 13.1 Å². The van der Waals surface area contributed by atoms with Crippen LogP contribution in [0.4, 0.5) is 0 Å². The maximum absolute atomic E-state index is 3.58. The van der Waals surface area contributed by atoms with Crippen molar-refractivity contribution >= 4 is 0 Å². The maximum atomic E-state index is 3.58. The van der Waals surface area contributed by atoms with Crippen molar-refractivity contribution in [2.24, 2.45) is 0 Å². The van der Waals surface area contributed by atoms with Gasteiger partial charge < -0.3 is 9.88 Å². The van der Waals surface area contributed by atoms with Gasteiger partial charge in [0.1, 0.15) is 0 Å². The summed E-state index contributed by atoms with van der Waals surface area (Å²) in [7, 11) is 0. The van der Waals surface area contributed by atoms with Crippen LogP contribution in [0.25, 0.3) is 0 Å². The first kappa shape index (κ1) is 12.5. The molecule has 3 rings (SSSR count). The Morgan fingerprint density at radius 1 is 1.16 bits per heavy atom. The first-order valence-electron chi connectivity index (χ1n) is 7.16. The summed E-state index contributed by atoms with van der Waals surface area (Å²) in [6, 6.07) is 11.9. The van der Waals surface area contributed by atoms with E-state index in [1.807, 2.05) is 0 Å². The van der Waals surface area contributed by atoms with Crippen LogP contribution >= 0.6 is 0 Å². The minimum atomic E-state index is 0.768. The highest BCUT2D eigenvalue weighted by Crippen LogP contribution is 2.19. The topological polar surface area (TPSA) is 17.0 Å². The van der Waals surface area contributed by atoms with Crippen LogP contribution in [0, 0.1) is 13.8 Å². The zero-order valence-corrected chi connectivity index (χ0v) is 11.8. The highest BCUT2D eigenvalue weighted by Gasteiger charge is 2.20. The second-order valence-electron chi connectivity index (χ2n) is 5.70. The van der Waals surface area contributed by atoms with Crippen molar-refractivity contribution in [1.82, 2.24) is 9.88 Å². The van der Waals surface area contributed by atoms with Crippen LogP contribution < -0.4 is 5.32 Å². The summed E-state index contributed by atoms with van der Waals surface area (Å²) in [6.07, 6.45) is 4.87. The Labute approximate surface area is 115 Å². The average Bonchev–Trinajstić information content (AvgIpc) is 3.12. The van der Waals surface area contributed by atoms with Crippen molar-refractivity contribution in [3.8, 4) is 0 Å². The van der Waals surface area contributed by atoms with Gasteiger partial charge in [0.25, 0.3) is 0 Å². The SMILES string of the molecule is Cc1ccc(Cn2cccc2CNC2CC2)cc1C. The summed E-state index contributed by atoms with van der Waals surface area (Å²) in [6.45, 7) is 6.31. The molecule has 0 aliphatic heterocycles. The third-order valence-corrected chi connectivity index (χ3v) is 4.00. The standard InChI is InChI=1S/C17H22N2/c1-13-5-6-15(10-14(13)2)12-19-9-3-4-17(19)11-18-16-7-8-16/h3-6,9-10,16,18H,7-8,11-12H2,1-2H3. The Hall–Kier alpha value is -1.54. The molecular formula is C17H22N2. The van der Waals surface area contributed by atoms with Crippen molar-refractivity contribution in [1.29, 1.82) is 0 Å². The van der Waals surface area contributed by atoms with Crippen LogP contribution in [0.5, 0.6) is 0 Å². The number of aryl methyl sites for hydroxylation is 2. The van der Waals surface area contributed by atoms with Gasteiger partial charge in [-0.25, -0.2) is 0 Å². The number of nitrogens with zero attached hydrogens (tertiary/aromatic N) is 1. The summed E-state index contributed by atoms with van der Waals surface area (Å²) in [5.74, 6) is 0. The van der Waals surface area contributed by atoms with E-state index in [9.17, 15) is 0 Å². The van der Waals surface area contributed by atoms with E-state index in [4.69, 9.17) is 0 Å². The predicted octanol–water partition coefficient (Wildman–Crippen LogP) is 3.41. The van der Waals surface area contributed by atoms with Gasteiger partial charge in [-0.3, -0.25) is 0 Å². The van der Waals surface area contributed by atoms with E-state index >= 15 is 0 Å². The van der Waals surface area contributed by atoms with Gasteiger partial charge >= 0.3 is 0 Å². The molecule has 0 atom stereocenters. The van der Waals surface area contributed by atoms with Gasteiger partial charge in [0, 0.05) is 31.0 Å². The Morgan fingerprint density at radius 3 is 2.74 bits per heavy atom. The summed E-state index contributed by atoms with van der Waals surface area (Å²) in [4.78, 5) is 0. The van der Waals surface area contributed by atoms with Gasteiger partial charge in [0.15, 0.2) is 0 Å². The van der Waals surface area contributed by atoms with Crippen LogP contribution in [0.2, 0.25) is 0 Å². The molecule has 1 heterocycles. The quantitative estimate of drug-likeness (QED) is 0.865. The Morgan fingerprint density at radius 2 is 2.00 bits per heavy atom. The number of aromatic nitrogens is 1. The molecule has 100 valence electrons. The smallest absolute Gasteiger partial charge is 0.0473 e. The van der Waals surface area contributed by atoms with Crippen molar-refractivity contribution in [2.45, 2.75) is 45.8 Å². The summed E-state index contributed by atoms with van der Waals surface area (Å²) in [5.41, 5.74) is 5.51. The fraction of sp³-hybridized carbons (Fsp3) is 0.412. The molecule has 1 N–H and O–H groups in total. The second kappa shape index (κ2) is 5.22. The molecule has 2 nitrogen and oxygen atoms in total. The van der Waals surface area contributed by atoms with E-state index in [2.05, 4.69) is 60.3 Å². The minimum Gasteiger partial charge on any atom is -0.346 e. The molecule has 1 fully saturated rings. The van der Waals surface area contributed by atoms with Crippen LogP contribution in [0.1, 0.15) is 35.2 Å². The monoisotopic (exact) mass is 254 g/mol. The summed E-state index contributed by atoms with van der Waals surface area (Å²) in [5, 5.41) is 3.58. The molecule has 0 saturated heterocycles. The maximum Gasteiger partial charge on any atom is 0.0473 e. The lowest BCUT2D eigenvalue weighted by atomic mass is 10.1. The predicted molar refractivity (Wildman–Crippen MR) is 79.3 cm³/mol. The Kier molecular flexibility index (Phi) is 3.43. The Balaban J connectivity index is 1.71. The number of benzene rings is 1. The van der Waals surface area contributed by atoms with Crippen molar-refractivity contribution in [3.63, 3.8) is 0 Å². The summed E-state index contributed by atoms with van der Waals surface area (Å²) < 4.78 is 2.35. The lowest BCUT2D eigenvalue weighted by Crippen LogP contribution is -2.18. The molecule has 1 aromatic heterocycles. The van der Waals surface area contributed by atoms with Crippen molar-refractivity contribution in [2.75, 3.05) is 0 Å². The number of hydrogen-bond acceptors (Lipinski definition) is 1. The fourth-order valence-corrected chi connectivity index (χ4v) is 2.40. The fourth-order valence-electron chi connectivity index (χ4n) is 2.40. The van der Waals surface area contributed by atoms with Crippen LogP contribution in [-0.4, -0.2) is 10.6 Å².